The van der Waals surface area contributed by atoms with E-state index in [1.807, 2.05) is 0 Å². The molecule has 0 spiro atoms. The van der Waals surface area contributed by atoms with E-state index < -0.39 is 7.25 Å². The molecule has 10 heteroatoms. The molecule has 0 N–H and O–H groups in total. The van der Waals surface area contributed by atoms with Crippen LogP contribution in [0.5, 0.6) is 5.75 Å². The Morgan fingerprint density at radius 1 is 0.737 bits per heavy atom. The maximum atomic E-state index is 9.75. The van der Waals surface area contributed by atoms with Crippen LogP contribution in [0.1, 0.15) is 97.3 Å². The van der Waals surface area contributed by atoms with Gasteiger partial charge in [0, 0.05) is 64.0 Å². The van der Waals surface area contributed by atoms with E-state index in [9.17, 15) is 17.3 Å². The molecule has 0 atom stereocenters. The molecule has 0 unspecified atom stereocenters. The average molecular weight is 801 g/mol. The molecule has 2 aromatic rings. The Balaban J connectivity index is 0.00000117. The van der Waals surface area contributed by atoms with Crippen molar-refractivity contribution in [1.29, 1.82) is 0 Å². The van der Waals surface area contributed by atoms with Crippen LogP contribution in [0, 0.1) is 5.41 Å². The maximum Gasteiger partial charge on any atom is 0.673 e. The molecular weight excluding hydrogens is 747 g/mol. The lowest BCUT2D eigenvalue weighted by atomic mass is 9.89. The van der Waals surface area contributed by atoms with E-state index in [1.165, 1.54) is 11.0 Å². The fourth-order valence-corrected chi connectivity index (χ4v) is 7.32. The van der Waals surface area contributed by atoms with Gasteiger partial charge in [0.15, 0.2) is 0 Å². The van der Waals surface area contributed by atoms with Crippen LogP contribution in [0.4, 0.5) is 23.0 Å². The van der Waals surface area contributed by atoms with E-state index in [0.717, 1.165) is 98.8 Å². The fraction of sp³-hybridized carbons (Fsp3) is 0.340. The molecule has 0 fully saturated rings. The third-order valence-corrected chi connectivity index (χ3v) is 10.5. The summed E-state index contributed by atoms with van der Waals surface area (Å²) in [6.07, 6.45) is 10.9. The predicted octanol–water partition coefficient (Wildman–Crippen LogP) is 13.1. The van der Waals surface area contributed by atoms with Gasteiger partial charge in [-0.3, -0.25) is 0 Å². The van der Waals surface area contributed by atoms with Gasteiger partial charge in [0.2, 0.25) is 5.36 Å². The highest BCUT2D eigenvalue weighted by atomic mass is 35.5. The van der Waals surface area contributed by atoms with Gasteiger partial charge in [0.05, 0.1) is 11.1 Å². The molecule has 6 rings (SSSR count). The van der Waals surface area contributed by atoms with Crippen molar-refractivity contribution in [3.8, 4) is 17.1 Å². The van der Waals surface area contributed by atoms with E-state index in [1.54, 1.807) is 0 Å². The van der Waals surface area contributed by atoms with Crippen LogP contribution in [0.25, 0.3) is 34.1 Å². The zero-order valence-electron chi connectivity index (χ0n) is 34.7. The van der Waals surface area contributed by atoms with Crippen molar-refractivity contribution in [2.75, 3.05) is 31.1 Å². The van der Waals surface area contributed by atoms with Crippen LogP contribution in [-0.4, -0.2) is 33.4 Å². The van der Waals surface area contributed by atoms with Gasteiger partial charge in [0.1, 0.15) is 36.1 Å². The summed E-state index contributed by atoms with van der Waals surface area (Å²) in [5, 5.41) is 1.91. The summed E-state index contributed by atoms with van der Waals surface area (Å²) >= 11 is 7.35. The molecule has 2 aliphatic carbocycles. The molecule has 4 aliphatic rings. The molecule has 0 radical (unpaired) electrons. The Labute approximate surface area is 340 Å². The van der Waals surface area contributed by atoms with Gasteiger partial charge in [-0.2, -0.15) is 0 Å². The molecular formula is C47H54BClF4N2O2. The topological polar surface area (TPSA) is 28.6 Å². The van der Waals surface area contributed by atoms with Crippen LogP contribution in [0.3, 0.4) is 0 Å². The van der Waals surface area contributed by atoms with Crippen LogP contribution in [0.2, 0.25) is 0 Å². The van der Waals surface area contributed by atoms with Gasteiger partial charge in [-0.25, -0.2) is 4.58 Å². The Morgan fingerprint density at radius 2 is 1.37 bits per heavy atom. The molecule has 2 aliphatic heterocycles. The van der Waals surface area contributed by atoms with E-state index >= 15 is 0 Å². The summed E-state index contributed by atoms with van der Waals surface area (Å²) < 4.78 is 54.5. The summed E-state index contributed by atoms with van der Waals surface area (Å²) in [7, 11) is -6.00. The summed E-state index contributed by atoms with van der Waals surface area (Å²) in [6, 6.07) is 23.8. The number of benzene rings is 3. The lowest BCUT2D eigenvalue weighted by Crippen LogP contribution is -2.29. The fourth-order valence-electron chi connectivity index (χ4n) is 6.99. The Bertz CT molecular complexity index is 2300. The van der Waals surface area contributed by atoms with Crippen molar-refractivity contribution in [1.82, 2.24) is 4.58 Å². The monoisotopic (exact) mass is 800 g/mol. The zero-order chi connectivity index (χ0) is 41.9. The van der Waals surface area contributed by atoms with Crippen molar-refractivity contribution in [2.45, 2.75) is 74.7 Å². The first-order valence-electron chi connectivity index (χ1n) is 19.7. The number of halogens is 5. The maximum absolute atomic E-state index is 9.75. The number of rotatable bonds is 8. The molecule has 302 valence electrons. The molecule has 0 bridgehead atoms. The minimum atomic E-state index is -6.00. The first kappa shape index (κ1) is 43.4. The summed E-state index contributed by atoms with van der Waals surface area (Å²) in [5.74, 6) is 3.66. The third kappa shape index (κ3) is 10.2. The van der Waals surface area contributed by atoms with Crippen LogP contribution in [0.15, 0.2) is 106 Å². The second-order valence-corrected chi connectivity index (χ2v) is 16.6. The first-order valence-corrected chi connectivity index (χ1v) is 20.1. The van der Waals surface area contributed by atoms with Crippen molar-refractivity contribution >= 4 is 47.3 Å². The van der Waals surface area contributed by atoms with Gasteiger partial charge in [-0.15, -0.1) is 0 Å². The molecule has 2 heterocycles. The lowest BCUT2D eigenvalue weighted by molar-refractivity contribution is 0.291. The minimum absolute atomic E-state index is 0.153. The minimum Gasteiger partial charge on any atom is -0.460 e. The normalized spacial score (nSPS) is 15.7. The zero-order valence-corrected chi connectivity index (χ0v) is 35.5. The van der Waals surface area contributed by atoms with E-state index in [0.29, 0.717) is 0 Å². The van der Waals surface area contributed by atoms with E-state index in [2.05, 4.69) is 176 Å². The highest BCUT2D eigenvalue weighted by Crippen LogP contribution is 2.46. The smallest absolute Gasteiger partial charge is 0.460 e. The Kier molecular flexibility index (Phi) is 13.2. The number of fused-ring (bicyclic) bond motifs is 3. The summed E-state index contributed by atoms with van der Waals surface area (Å²) in [4.78, 5) is 2.35. The SMILES string of the molecule is CCN(CC)c1ccc2c(c1)OC(C(C)(C)C)=C\C2=C/C=C1\C(Cl)=C(/C=C/c2cc(C(C)(C)C)oc3cc(=[N+](CC)CC)ccc2-3)c2ccccc21.F[B-](F)(F)F. The molecule has 57 heavy (non-hydrogen) atoms. The predicted molar refractivity (Wildman–Crippen MR) is 233 cm³/mol. The molecule has 2 aromatic carbocycles. The van der Waals surface area contributed by atoms with Crippen LogP contribution < -0.4 is 19.6 Å². The average Bonchev–Trinajstić information content (AvgIpc) is 3.41. The van der Waals surface area contributed by atoms with Gasteiger partial charge < -0.3 is 31.3 Å². The Hall–Kier alpha value is -4.76. The van der Waals surface area contributed by atoms with E-state index in [-0.39, 0.29) is 10.8 Å². The highest BCUT2D eigenvalue weighted by molar-refractivity contribution is 6.50. The highest BCUT2D eigenvalue weighted by Gasteiger charge is 2.28. The second kappa shape index (κ2) is 17.4. The molecule has 0 amide bonds. The number of anilines is 1. The van der Waals surface area contributed by atoms with Crippen LogP contribution >= 0.6 is 11.6 Å². The number of allylic oxidation sites excluding steroid dienone is 9. The van der Waals surface area contributed by atoms with Gasteiger partial charge in [0.25, 0.3) is 0 Å². The standard InChI is InChI=1S/C47H54ClN2O2.BF4/c1-11-49(12-2)33-21-25-35-31(27-43(46(5,6)7)51-41(35)29-33)19-23-39-37-17-15-16-18-38(37)40(45(39)48)24-20-32-28-44(47(8,9)10)52-42-30-34(22-26-36(32)42)50(13-3)14-4;2-1(3,4)5/h15-30H,11-14H2,1-10H3;/q+1;-1. The van der Waals surface area contributed by atoms with Crippen molar-refractivity contribution < 1.29 is 26.4 Å². The lowest BCUT2D eigenvalue weighted by Gasteiger charge is -2.30. The third-order valence-electron chi connectivity index (χ3n) is 10.1. The number of hydrogen-bond acceptors (Lipinski definition) is 3. The molecule has 0 saturated carbocycles. The number of ether oxygens (including phenoxy) is 1. The molecule has 4 nitrogen and oxygen atoms in total. The van der Waals surface area contributed by atoms with Gasteiger partial charge in [-0.1, -0.05) is 102 Å². The Morgan fingerprint density at radius 3 is 1.96 bits per heavy atom. The van der Waals surface area contributed by atoms with Crippen molar-refractivity contribution in [3.63, 3.8) is 0 Å². The van der Waals surface area contributed by atoms with Gasteiger partial charge >= 0.3 is 7.25 Å². The summed E-state index contributed by atoms with van der Waals surface area (Å²) in [6.45, 7) is 25.7. The van der Waals surface area contributed by atoms with Crippen molar-refractivity contribution in [3.05, 3.63) is 135 Å². The summed E-state index contributed by atoms with van der Waals surface area (Å²) in [5.41, 5.74) is 9.50. The molecule has 0 aromatic heterocycles. The molecule has 0 saturated heterocycles. The number of hydrogen-bond donors (Lipinski definition) is 0. The van der Waals surface area contributed by atoms with Gasteiger partial charge in [-0.05, 0) is 80.3 Å². The second-order valence-electron chi connectivity index (χ2n) is 16.2. The number of nitrogens with zero attached hydrogens (tertiary/aromatic N) is 2. The quantitative estimate of drug-likeness (QED) is 0.101. The first-order chi connectivity index (χ1) is 26.8. The van der Waals surface area contributed by atoms with Crippen molar-refractivity contribution in [2.24, 2.45) is 5.41 Å². The van der Waals surface area contributed by atoms with E-state index in [4.69, 9.17) is 20.8 Å². The largest absolute Gasteiger partial charge is 0.673 e. The van der Waals surface area contributed by atoms with Crippen LogP contribution in [-0.2, 0) is 5.41 Å².